The minimum absolute atomic E-state index is 0.174. The molecule has 0 aromatic heterocycles. The van der Waals surface area contributed by atoms with Crippen LogP contribution in [0.25, 0.3) is 0 Å². The van der Waals surface area contributed by atoms with Gasteiger partial charge in [0.15, 0.2) is 9.84 Å². The van der Waals surface area contributed by atoms with E-state index in [0.717, 1.165) is 24.3 Å². The summed E-state index contributed by atoms with van der Waals surface area (Å²) in [6.45, 7) is 0. The number of alkyl halides is 3. The fourth-order valence-electron chi connectivity index (χ4n) is 4.47. The standard InChI is InChI=1S/C20H20F3NO4S2/c21-20(22,23)14-6-10-18(11-7-14)30(27,28)24-15-8-9-16(24)13-19(12-15)29(25,26)17-4-2-1-3-5-17/h1-7,10-11,15-16,19H,8-9,12-13H2. The number of benzene rings is 2. The Morgan fingerprint density at radius 2 is 1.30 bits per heavy atom. The molecule has 0 saturated carbocycles. The SMILES string of the molecule is O=S(=O)(c1ccccc1)C1CC2CCC(C1)N2S(=O)(=O)c1ccc(C(F)(F)F)cc1. The topological polar surface area (TPSA) is 71.5 Å². The van der Waals surface area contributed by atoms with Gasteiger partial charge in [-0.1, -0.05) is 18.2 Å². The highest BCUT2D eigenvalue weighted by Crippen LogP contribution is 2.43. The Balaban J connectivity index is 1.59. The van der Waals surface area contributed by atoms with Crippen molar-refractivity contribution < 1.29 is 30.0 Å². The predicted octanol–water partition coefficient (Wildman–Crippen LogP) is 3.86. The molecule has 2 atom stereocenters. The highest BCUT2D eigenvalue weighted by Gasteiger charge is 2.50. The van der Waals surface area contributed by atoms with Crippen LogP contribution < -0.4 is 0 Å². The molecule has 0 radical (unpaired) electrons. The number of hydrogen-bond donors (Lipinski definition) is 0. The van der Waals surface area contributed by atoms with Crippen molar-refractivity contribution in [2.45, 2.75) is 59.0 Å². The Morgan fingerprint density at radius 1 is 0.767 bits per heavy atom. The van der Waals surface area contributed by atoms with E-state index in [4.69, 9.17) is 0 Å². The third kappa shape index (κ3) is 3.65. The van der Waals surface area contributed by atoms with Crippen LogP contribution in [0, 0.1) is 0 Å². The quantitative estimate of drug-likeness (QED) is 0.696. The zero-order chi connectivity index (χ0) is 21.7. The Bertz CT molecular complexity index is 1120. The minimum atomic E-state index is -4.55. The Labute approximate surface area is 173 Å². The molecular weight excluding hydrogens is 439 g/mol. The van der Waals surface area contributed by atoms with E-state index in [1.807, 2.05) is 0 Å². The van der Waals surface area contributed by atoms with E-state index < -0.39 is 48.9 Å². The van der Waals surface area contributed by atoms with Gasteiger partial charge in [0.1, 0.15) is 0 Å². The molecule has 0 amide bonds. The minimum Gasteiger partial charge on any atom is -0.223 e. The van der Waals surface area contributed by atoms with Crippen LogP contribution in [-0.2, 0) is 26.0 Å². The molecular formula is C20H20F3NO4S2. The molecule has 2 fully saturated rings. The van der Waals surface area contributed by atoms with E-state index in [-0.39, 0.29) is 22.6 Å². The fraction of sp³-hybridized carbons (Fsp3) is 0.400. The van der Waals surface area contributed by atoms with Gasteiger partial charge in [-0.05, 0) is 62.1 Å². The fourth-order valence-corrected chi connectivity index (χ4v) is 8.23. The molecule has 2 unspecified atom stereocenters. The first-order valence-corrected chi connectivity index (χ1v) is 12.5. The van der Waals surface area contributed by atoms with Gasteiger partial charge >= 0.3 is 6.18 Å². The van der Waals surface area contributed by atoms with Crippen molar-refractivity contribution in [2.75, 3.05) is 0 Å². The van der Waals surface area contributed by atoms with E-state index in [9.17, 15) is 30.0 Å². The third-order valence-electron chi connectivity index (χ3n) is 5.89. The van der Waals surface area contributed by atoms with Crippen molar-refractivity contribution in [3.8, 4) is 0 Å². The van der Waals surface area contributed by atoms with Crippen molar-refractivity contribution in [3.63, 3.8) is 0 Å². The summed E-state index contributed by atoms with van der Waals surface area (Å²) >= 11 is 0. The monoisotopic (exact) mass is 459 g/mol. The molecule has 2 aromatic rings. The van der Waals surface area contributed by atoms with Gasteiger partial charge in [0.2, 0.25) is 10.0 Å². The number of piperidine rings is 1. The average molecular weight is 460 g/mol. The van der Waals surface area contributed by atoms with Gasteiger partial charge in [-0.2, -0.15) is 17.5 Å². The molecule has 2 heterocycles. The van der Waals surface area contributed by atoms with Crippen LogP contribution in [0.2, 0.25) is 0 Å². The Morgan fingerprint density at radius 3 is 1.80 bits per heavy atom. The maximum atomic E-state index is 13.1. The van der Waals surface area contributed by atoms with Gasteiger partial charge in [-0.25, -0.2) is 16.8 Å². The smallest absolute Gasteiger partial charge is 0.223 e. The predicted molar refractivity (Wildman–Crippen MR) is 104 cm³/mol. The Kier molecular flexibility index (Phi) is 5.22. The lowest BCUT2D eigenvalue weighted by Gasteiger charge is -2.37. The lowest BCUT2D eigenvalue weighted by Crippen LogP contribution is -2.49. The van der Waals surface area contributed by atoms with Crippen molar-refractivity contribution in [1.29, 1.82) is 0 Å². The maximum absolute atomic E-state index is 13.1. The molecule has 2 aliphatic heterocycles. The summed E-state index contributed by atoms with van der Waals surface area (Å²) in [4.78, 5) is 0.00483. The molecule has 0 spiro atoms. The van der Waals surface area contributed by atoms with E-state index in [2.05, 4.69) is 0 Å². The molecule has 4 rings (SSSR count). The van der Waals surface area contributed by atoms with E-state index in [1.165, 1.54) is 16.4 Å². The summed E-state index contributed by atoms with van der Waals surface area (Å²) in [6.07, 6.45) is -3.14. The van der Waals surface area contributed by atoms with Crippen LogP contribution in [0.15, 0.2) is 64.4 Å². The second kappa shape index (κ2) is 7.35. The highest BCUT2D eigenvalue weighted by molar-refractivity contribution is 7.92. The first-order valence-electron chi connectivity index (χ1n) is 9.51. The maximum Gasteiger partial charge on any atom is 0.416 e. The van der Waals surface area contributed by atoms with Gasteiger partial charge in [0, 0.05) is 12.1 Å². The van der Waals surface area contributed by atoms with Crippen molar-refractivity contribution in [1.82, 2.24) is 4.31 Å². The summed E-state index contributed by atoms with van der Waals surface area (Å²) in [5.41, 5.74) is -0.919. The van der Waals surface area contributed by atoms with Gasteiger partial charge < -0.3 is 0 Å². The first kappa shape index (κ1) is 21.3. The summed E-state index contributed by atoms with van der Waals surface area (Å²) < 4.78 is 91.9. The highest BCUT2D eigenvalue weighted by atomic mass is 32.2. The molecule has 0 N–H and O–H groups in total. The number of sulfone groups is 1. The summed E-state index contributed by atoms with van der Waals surface area (Å²) in [6, 6.07) is 10.5. The zero-order valence-corrected chi connectivity index (χ0v) is 17.4. The van der Waals surface area contributed by atoms with E-state index >= 15 is 0 Å². The molecule has 0 aliphatic carbocycles. The largest absolute Gasteiger partial charge is 0.416 e. The van der Waals surface area contributed by atoms with Crippen molar-refractivity contribution in [3.05, 3.63) is 60.2 Å². The number of sulfonamides is 1. The Hall–Kier alpha value is -1.91. The van der Waals surface area contributed by atoms with Crippen LogP contribution in [-0.4, -0.2) is 38.5 Å². The van der Waals surface area contributed by atoms with Crippen LogP contribution in [0.4, 0.5) is 13.2 Å². The lowest BCUT2D eigenvalue weighted by molar-refractivity contribution is -0.137. The summed E-state index contributed by atoms with van der Waals surface area (Å²) in [5.74, 6) is 0. The van der Waals surface area contributed by atoms with Crippen LogP contribution in [0.5, 0.6) is 0 Å². The van der Waals surface area contributed by atoms with E-state index in [0.29, 0.717) is 12.8 Å². The number of rotatable bonds is 4. The van der Waals surface area contributed by atoms with Gasteiger partial charge in [0.25, 0.3) is 0 Å². The van der Waals surface area contributed by atoms with Crippen molar-refractivity contribution >= 4 is 19.9 Å². The number of hydrogen-bond acceptors (Lipinski definition) is 4. The molecule has 5 nitrogen and oxygen atoms in total. The molecule has 30 heavy (non-hydrogen) atoms. The molecule has 162 valence electrons. The van der Waals surface area contributed by atoms with Crippen LogP contribution >= 0.6 is 0 Å². The molecule has 2 saturated heterocycles. The number of fused-ring (bicyclic) bond motifs is 2. The molecule has 2 aromatic carbocycles. The lowest BCUT2D eigenvalue weighted by atomic mass is 10.1. The summed E-state index contributed by atoms with van der Waals surface area (Å²) in [7, 11) is -7.61. The number of nitrogens with zero attached hydrogens (tertiary/aromatic N) is 1. The molecule has 2 bridgehead atoms. The van der Waals surface area contributed by atoms with Crippen molar-refractivity contribution in [2.24, 2.45) is 0 Å². The van der Waals surface area contributed by atoms with Gasteiger partial charge in [0.05, 0.1) is 20.6 Å². The van der Waals surface area contributed by atoms with Crippen LogP contribution in [0.1, 0.15) is 31.2 Å². The van der Waals surface area contributed by atoms with E-state index in [1.54, 1.807) is 18.2 Å². The molecule has 10 heteroatoms. The number of halogens is 3. The van der Waals surface area contributed by atoms with Crippen LogP contribution in [0.3, 0.4) is 0 Å². The van der Waals surface area contributed by atoms with Gasteiger partial charge in [-0.15, -0.1) is 0 Å². The normalized spacial score (nSPS) is 25.4. The van der Waals surface area contributed by atoms with Gasteiger partial charge in [-0.3, -0.25) is 0 Å². The summed E-state index contributed by atoms with van der Waals surface area (Å²) in [5, 5.41) is -0.684. The second-order valence-corrected chi connectivity index (χ2v) is 11.8. The average Bonchev–Trinajstić information content (AvgIpc) is 2.99. The first-order chi connectivity index (χ1) is 14.0. The zero-order valence-electron chi connectivity index (χ0n) is 15.8. The second-order valence-electron chi connectivity index (χ2n) is 7.69. The third-order valence-corrected chi connectivity index (χ3v) is 10.1. The molecule has 2 aliphatic rings.